The lowest BCUT2D eigenvalue weighted by atomic mass is 10.1. The summed E-state index contributed by atoms with van der Waals surface area (Å²) < 4.78 is 5.72. The summed E-state index contributed by atoms with van der Waals surface area (Å²) in [5.74, 6) is 6.27. The summed E-state index contributed by atoms with van der Waals surface area (Å²) in [6, 6.07) is 0.638. The minimum absolute atomic E-state index is 0.383. The highest BCUT2D eigenvalue weighted by Gasteiger charge is 2.20. The zero-order valence-corrected chi connectivity index (χ0v) is 11.0. The van der Waals surface area contributed by atoms with Crippen molar-refractivity contribution in [3.8, 4) is 5.88 Å². The fourth-order valence-corrected chi connectivity index (χ4v) is 2.28. The molecule has 2 heterocycles. The molecule has 1 aromatic rings. The second kappa shape index (κ2) is 5.97. The maximum Gasteiger partial charge on any atom is 0.240 e. The van der Waals surface area contributed by atoms with Gasteiger partial charge in [0.15, 0.2) is 0 Å². The zero-order chi connectivity index (χ0) is 13.0. The van der Waals surface area contributed by atoms with E-state index in [4.69, 9.17) is 10.6 Å². The first-order chi connectivity index (χ1) is 8.70. The molecule has 1 atom stereocenters. The second-order valence-corrected chi connectivity index (χ2v) is 4.74. The Morgan fingerprint density at radius 2 is 2.44 bits per heavy atom. The number of hydrazine groups is 1. The van der Waals surface area contributed by atoms with Gasteiger partial charge in [-0.2, -0.15) is 4.98 Å². The standard InChI is InChI=1S/C12H21N5O/c1-9-8-14-12(16-13)15-11(9)18-7-5-10-4-3-6-17(10)2/h8,10H,3-7,13H2,1-2H3,(H,14,15,16). The molecule has 6 nitrogen and oxygen atoms in total. The van der Waals surface area contributed by atoms with Crippen LogP contribution < -0.4 is 16.0 Å². The van der Waals surface area contributed by atoms with Crippen LogP contribution in [0.15, 0.2) is 6.20 Å². The van der Waals surface area contributed by atoms with Gasteiger partial charge in [-0.25, -0.2) is 10.8 Å². The number of hydrogen-bond donors (Lipinski definition) is 2. The number of aromatic nitrogens is 2. The molecule has 0 radical (unpaired) electrons. The van der Waals surface area contributed by atoms with Crippen molar-refractivity contribution < 1.29 is 4.74 Å². The van der Waals surface area contributed by atoms with Gasteiger partial charge in [0, 0.05) is 17.8 Å². The Bertz CT molecular complexity index is 398. The number of nitrogens with two attached hydrogens (primary N) is 1. The molecule has 2 rings (SSSR count). The van der Waals surface area contributed by atoms with E-state index in [1.54, 1.807) is 6.20 Å². The quantitative estimate of drug-likeness (QED) is 0.599. The molecule has 6 heteroatoms. The lowest BCUT2D eigenvalue weighted by Crippen LogP contribution is -2.26. The highest BCUT2D eigenvalue weighted by atomic mass is 16.5. The Morgan fingerprint density at radius 1 is 1.61 bits per heavy atom. The normalized spacial score (nSPS) is 20.1. The van der Waals surface area contributed by atoms with Crippen LogP contribution in [0.1, 0.15) is 24.8 Å². The van der Waals surface area contributed by atoms with E-state index in [1.165, 1.54) is 19.4 Å². The van der Waals surface area contributed by atoms with Crippen molar-refractivity contribution in [3.63, 3.8) is 0 Å². The largest absolute Gasteiger partial charge is 0.477 e. The zero-order valence-electron chi connectivity index (χ0n) is 11.0. The molecule has 18 heavy (non-hydrogen) atoms. The lowest BCUT2D eigenvalue weighted by Gasteiger charge is -2.19. The van der Waals surface area contributed by atoms with Crippen LogP contribution in [0.4, 0.5) is 5.95 Å². The van der Waals surface area contributed by atoms with E-state index in [0.29, 0.717) is 24.5 Å². The van der Waals surface area contributed by atoms with Gasteiger partial charge in [-0.3, -0.25) is 5.43 Å². The van der Waals surface area contributed by atoms with E-state index in [0.717, 1.165) is 12.0 Å². The van der Waals surface area contributed by atoms with Crippen LogP contribution >= 0.6 is 0 Å². The Labute approximate surface area is 108 Å². The Balaban J connectivity index is 1.86. The van der Waals surface area contributed by atoms with Gasteiger partial charge in [-0.1, -0.05) is 0 Å². The summed E-state index contributed by atoms with van der Waals surface area (Å²) in [5, 5.41) is 0. The molecule has 1 aliphatic rings. The number of nitrogens with one attached hydrogen (secondary N) is 1. The van der Waals surface area contributed by atoms with Crippen molar-refractivity contribution in [1.29, 1.82) is 0 Å². The Morgan fingerprint density at radius 3 is 3.11 bits per heavy atom. The lowest BCUT2D eigenvalue weighted by molar-refractivity contribution is 0.227. The summed E-state index contributed by atoms with van der Waals surface area (Å²) >= 11 is 0. The van der Waals surface area contributed by atoms with Crippen molar-refractivity contribution in [2.24, 2.45) is 5.84 Å². The highest BCUT2D eigenvalue weighted by Crippen LogP contribution is 2.19. The molecule has 1 fully saturated rings. The molecule has 1 aliphatic heterocycles. The Kier molecular flexibility index (Phi) is 4.33. The van der Waals surface area contributed by atoms with Crippen molar-refractivity contribution in [1.82, 2.24) is 14.9 Å². The SMILES string of the molecule is Cc1cnc(NN)nc1OCCC1CCCN1C. The minimum atomic E-state index is 0.383. The van der Waals surface area contributed by atoms with E-state index in [1.807, 2.05) is 6.92 Å². The molecular weight excluding hydrogens is 230 g/mol. The monoisotopic (exact) mass is 251 g/mol. The number of anilines is 1. The molecule has 0 saturated carbocycles. The van der Waals surface area contributed by atoms with Crippen molar-refractivity contribution in [2.45, 2.75) is 32.2 Å². The third-order valence-corrected chi connectivity index (χ3v) is 3.42. The molecule has 1 aromatic heterocycles. The van der Waals surface area contributed by atoms with Crippen LogP contribution in [-0.4, -0.2) is 41.1 Å². The van der Waals surface area contributed by atoms with Crippen molar-refractivity contribution in [2.75, 3.05) is 25.6 Å². The topological polar surface area (TPSA) is 76.3 Å². The number of nitrogen functional groups attached to an aromatic ring is 1. The molecule has 3 N–H and O–H groups in total. The van der Waals surface area contributed by atoms with Crippen molar-refractivity contribution >= 4 is 5.95 Å². The molecule has 0 amide bonds. The van der Waals surface area contributed by atoms with Crippen LogP contribution in [0.2, 0.25) is 0 Å². The van der Waals surface area contributed by atoms with Gasteiger partial charge in [-0.15, -0.1) is 0 Å². The second-order valence-electron chi connectivity index (χ2n) is 4.74. The van der Waals surface area contributed by atoms with Gasteiger partial charge < -0.3 is 9.64 Å². The maximum absolute atomic E-state index is 5.72. The first-order valence-corrected chi connectivity index (χ1v) is 6.34. The predicted octanol–water partition coefficient (Wildman–Crippen LogP) is 0.934. The number of ether oxygens (including phenoxy) is 1. The average Bonchev–Trinajstić information content (AvgIpc) is 2.77. The van der Waals surface area contributed by atoms with E-state index < -0.39 is 0 Å². The molecular formula is C12H21N5O. The molecule has 1 unspecified atom stereocenters. The number of aryl methyl sites for hydroxylation is 1. The number of likely N-dealkylation sites (tertiary alicyclic amines) is 1. The van der Waals surface area contributed by atoms with Gasteiger partial charge in [0.05, 0.1) is 6.61 Å². The molecule has 1 saturated heterocycles. The highest BCUT2D eigenvalue weighted by molar-refractivity contribution is 5.31. The van der Waals surface area contributed by atoms with E-state index in [2.05, 4.69) is 27.3 Å². The fourth-order valence-electron chi connectivity index (χ4n) is 2.28. The third-order valence-electron chi connectivity index (χ3n) is 3.42. The number of hydrogen-bond acceptors (Lipinski definition) is 6. The summed E-state index contributed by atoms with van der Waals surface area (Å²) in [6.07, 6.45) is 5.29. The van der Waals surface area contributed by atoms with Crippen LogP contribution in [0.25, 0.3) is 0 Å². The van der Waals surface area contributed by atoms with Gasteiger partial charge in [0.1, 0.15) is 0 Å². The first-order valence-electron chi connectivity index (χ1n) is 6.34. The summed E-state index contributed by atoms with van der Waals surface area (Å²) in [6.45, 7) is 3.80. The summed E-state index contributed by atoms with van der Waals surface area (Å²) in [4.78, 5) is 10.6. The number of nitrogens with zero attached hydrogens (tertiary/aromatic N) is 3. The van der Waals surface area contributed by atoms with Crippen LogP contribution in [-0.2, 0) is 0 Å². The molecule has 0 aromatic carbocycles. The van der Waals surface area contributed by atoms with Gasteiger partial charge in [0.25, 0.3) is 0 Å². The smallest absolute Gasteiger partial charge is 0.240 e. The van der Waals surface area contributed by atoms with E-state index >= 15 is 0 Å². The first kappa shape index (κ1) is 13.0. The van der Waals surface area contributed by atoms with E-state index in [-0.39, 0.29) is 0 Å². The molecule has 0 aliphatic carbocycles. The van der Waals surface area contributed by atoms with Crippen LogP contribution in [0.5, 0.6) is 5.88 Å². The minimum Gasteiger partial charge on any atom is -0.477 e. The van der Waals surface area contributed by atoms with Gasteiger partial charge in [-0.05, 0) is 39.8 Å². The fraction of sp³-hybridized carbons (Fsp3) is 0.667. The molecule has 0 spiro atoms. The van der Waals surface area contributed by atoms with Crippen LogP contribution in [0.3, 0.4) is 0 Å². The number of rotatable bonds is 5. The maximum atomic E-state index is 5.72. The van der Waals surface area contributed by atoms with Crippen LogP contribution in [0, 0.1) is 6.92 Å². The third kappa shape index (κ3) is 3.08. The van der Waals surface area contributed by atoms with E-state index in [9.17, 15) is 0 Å². The van der Waals surface area contributed by atoms with Gasteiger partial charge >= 0.3 is 0 Å². The average molecular weight is 251 g/mol. The summed E-state index contributed by atoms with van der Waals surface area (Å²) in [5.41, 5.74) is 3.35. The molecule has 100 valence electrons. The Hall–Kier alpha value is -1.40. The van der Waals surface area contributed by atoms with Gasteiger partial charge in [0.2, 0.25) is 11.8 Å². The molecule has 0 bridgehead atoms. The van der Waals surface area contributed by atoms with Crippen molar-refractivity contribution in [3.05, 3.63) is 11.8 Å². The summed E-state index contributed by atoms with van der Waals surface area (Å²) in [7, 11) is 2.17. The predicted molar refractivity (Wildman–Crippen MR) is 70.3 cm³/mol.